The van der Waals surface area contributed by atoms with Gasteiger partial charge in [-0.15, -0.1) is 6.42 Å². The van der Waals surface area contributed by atoms with Crippen LogP contribution in [-0.2, 0) is 6.54 Å². The number of terminal acetylenes is 1. The van der Waals surface area contributed by atoms with E-state index in [0.29, 0.717) is 17.2 Å². The lowest BCUT2D eigenvalue weighted by atomic mass is 10.3. The van der Waals surface area contributed by atoms with E-state index < -0.39 is 0 Å². The highest BCUT2D eigenvalue weighted by Gasteiger charge is 2.03. The molecule has 0 spiro atoms. The van der Waals surface area contributed by atoms with Crippen molar-refractivity contribution in [2.75, 3.05) is 0 Å². The molecule has 0 atom stereocenters. The predicted octanol–water partition coefficient (Wildman–Crippen LogP) is 1.74. The summed E-state index contributed by atoms with van der Waals surface area (Å²) in [5.41, 5.74) is 2.02. The zero-order valence-corrected chi connectivity index (χ0v) is 8.10. The molecule has 14 heavy (non-hydrogen) atoms. The fourth-order valence-electron chi connectivity index (χ4n) is 1.40. The molecule has 0 fully saturated rings. The Kier molecular flexibility index (Phi) is 2.06. The third kappa shape index (κ3) is 1.30. The largest absolute Gasteiger partial charge is 0.324 e. The molecule has 0 bridgehead atoms. The van der Waals surface area contributed by atoms with Gasteiger partial charge in [-0.25, -0.2) is 0 Å². The Balaban J connectivity index is 2.81. The molecule has 0 saturated heterocycles. The van der Waals surface area contributed by atoms with Gasteiger partial charge in [0.05, 0.1) is 17.6 Å². The fraction of sp³-hybridized carbons (Fsp3) is 0.100. The maximum absolute atomic E-state index is 7.64. The highest BCUT2D eigenvalue weighted by atomic mass is 35.5. The number of nitrogens with one attached hydrogen (secondary N) is 2. The van der Waals surface area contributed by atoms with Crippen molar-refractivity contribution in [1.82, 2.24) is 9.55 Å². The topological polar surface area (TPSA) is 44.6 Å². The van der Waals surface area contributed by atoms with Crippen LogP contribution < -0.4 is 5.62 Å². The van der Waals surface area contributed by atoms with Crippen LogP contribution in [0.2, 0.25) is 5.02 Å². The quantitative estimate of drug-likeness (QED) is 0.667. The summed E-state index contributed by atoms with van der Waals surface area (Å²) in [6, 6.07) is 5.41. The minimum absolute atomic E-state index is 0.292. The number of halogens is 1. The Morgan fingerprint density at radius 2 is 2.36 bits per heavy atom. The molecule has 1 aromatic carbocycles. The molecule has 3 nitrogen and oxygen atoms in total. The van der Waals surface area contributed by atoms with Crippen molar-refractivity contribution >= 4 is 22.6 Å². The summed E-state index contributed by atoms with van der Waals surface area (Å²) < 4.78 is 1.70. The fourth-order valence-corrected chi connectivity index (χ4v) is 1.57. The lowest BCUT2D eigenvalue weighted by Gasteiger charge is -1.97. The smallest absolute Gasteiger partial charge is 0.201 e. The lowest BCUT2D eigenvalue weighted by Crippen LogP contribution is -2.15. The summed E-state index contributed by atoms with van der Waals surface area (Å²) in [7, 11) is 0. The molecule has 2 N–H and O–H groups in total. The molecule has 0 aliphatic rings. The van der Waals surface area contributed by atoms with Gasteiger partial charge in [0.2, 0.25) is 5.62 Å². The SMILES string of the molecule is C#CCn1c(=N)[nH]c2ccc(Cl)cc21. The van der Waals surface area contributed by atoms with Crippen molar-refractivity contribution in [1.29, 1.82) is 5.41 Å². The first-order valence-electron chi connectivity index (χ1n) is 4.08. The number of fused-ring (bicyclic) bond motifs is 1. The van der Waals surface area contributed by atoms with E-state index in [2.05, 4.69) is 10.9 Å². The first-order chi connectivity index (χ1) is 6.72. The van der Waals surface area contributed by atoms with E-state index in [1.165, 1.54) is 0 Å². The van der Waals surface area contributed by atoms with Crippen molar-refractivity contribution in [3.05, 3.63) is 28.8 Å². The van der Waals surface area contributed by atoms with Crippen molar-refractivity contribution in [3.8, 4) is 12.3 Å². The van der Waals surface area contributed by atoms with Crippen LogP contribution in [0.15, 0.2) is 18.2 Å². The average Bonchev–Trinajstić information content (AvgIpc) is 2.45. The average molecular weight is 206 g/mol. The standard InChI is InChI=1S/C10H8ClN3/c1-2-5-14-9-6-7(11)3-4-8(9)13-10(14)12/h1,3-4,6H,5H2,(H2,12,13). The lowest BCUT2D eigenvalue weighted by molar-refractivity contribution is 0.783. The number of aromatic amines is 1. The monoisotopic (exact) mass is 205 g/mol. The third-order valence-corrected chi connectivity index (χ3v) is 2.26. The van der Waals surface area contributed by atoms with Gasteiger partial charge in [-0.2, -0.15) is 0 Å². The predicted molar refractivity (Wildman–Crippen MR) is 56.0 cm³/mol. The number of hydrogen-bond donors (Lipinski definition) is 2. The molecule has 1 aromatic heterocycles. The summed E-state index contributed by atoms with van der Waals surface area (Å²) in [4.78, 5) is 2.91. The Labute approximate surface area is 85.8 Å². The van der Waals surface area contributed by atoms with Crippen LogP contribution in [0.25, 0.3) is 11.0 Å². The zero-order chi connectivity index (χ0) is 10.1. The molecule has 0 aliphatic heterocycles. The highest BCUT2D eigenvalue weighted by Crippen LogP contribution is 2.16. The van der Waals surface area contributed by atoms with E-state index in [1.54, 1.807) is 16.7 Å². The molecular weight excluding hydrogens is 198 g/mol. The van der Waals surface area contributed by atoms with E-state index in [4.69, 9.17) is 23.4 Å². The Morgan fingerprint density at radius 3 is 3.07 bits per heavy atom. The number of rotatable bonds is 1. The van der Waals surface area contributed by atoms with Crippen LogP contribution >= 0.6 is 11.6 Å². The molecule has 0 amide bonds. The second kappa shape index (κ2) is 3.24. The van der Waals surface area contributed by atoms with E-state index in [0.717, 1.165) is 11.0 Å². The maximum atomic E-state index is 7.64. The van der Waals surface area contributed by atoms with Gasteiger partial charge in [0.1, 0.15) is 0 Å². The van der Waals surface area contributed by atoms with Crippen LogP contribution in [0, 0.1) is 17.8 Å². The van der Waals surface area contributed by atoms with Crippen molar-refractivity contribution in [2.45, 2.75) is 6.54 Å². The number of hydrogen-bond acceptors (Lipinski definition) is 1. The van der Waals surface area contributed by atoms with Crippen molar-refractivity contribution < 1.29 is 0 Å². The minimum atomic E-state index is 0.292. The number of benzene rings is 1. The van der Waals surface area contributed by atoms with E-state index in [9.17, 15) is 0 Å². The summed E-state index contributed by atoms with van der Waals surface area (Å²) in [5, 5.41) is 8.28. The molecule has 0 unspecified atom stereocenters. The second-order valence-electron chi connectivity index (χ2n) is 2.93. The molecular formula is C10H8ClN3. The van der Waals surface area contributed by atoms with Gasteiger partial charge in [0.25, 0.3) is 0 Å². The molecule has 0 radical (unpaired) electrons. The van der Waals surface area contributed by atoms with E-state index in [-0.39, 0.29) is 0 Å². The van der Waals surface area contributed by atoms with Gasteiger partial charge < -0.3 is 4.98 Å². The molecule has 4 heteroatoms. The maximum Gasteiger partial charge on any atom is 0.201 e. The molecule has 2 rings (SSSR count). The Morgan fingerprint density at radius 1 is 1.57 bits per heavy atom. The molecule has 1 heterocycles. The molecule has 0 aliphatic carbocycles. The molecule has 70 valence electrons. The van der Waals surface area contributed by atoms with Gasteiger partial charge >= 0.3 is 0 Å². The Hall–Kier alpha value is -1.66. The van der Waals surface area contributed by atoms with E-state index in [1.807, 2.05) is 6.07 Å². The first kappa shape index (κ1) is 8.92. The van der Waals surface area contributed by atoms with Crippen LogP contribution in [0.5, 0.6) is 0 Å². The highest BCUT2D eigenvalue weighted by molar-refractivity contribution is 6.31. The number of nitrogens with zero attached hydrogens (tertiary/aromatic N) is 1. The second-order valence-corrected chi connectivity index (χ2v) is 3.36. The van der Waals surface area contributed by atoms with Gasteiger partial charge in [0.15, 0.2) is 0 Å². The molecule has 2 aromatic rings. The normalized spacial score (nSPS) is 10.3. The number of H-pyrrole nitrogens is 1. The first-order valence-corrected chi connectivity index (χ1v) is 4.46. The molecule has 0 saturated carbocycles. The van der Waals surface area contributed by atoms with Crippen LogP contribution in [-0.4, -0.2) is 9.55 Å². The summed E-state index contributed by atoms with van der Waals surface area (Å²) >= 11 is 5.86. The van der Waals surface area contributed by atoms with Gasteiger partial charge in [0, 0.05) is 5.02 Å². The van der Waals surface area contributed by atoms with Gasteiger partial charge in [-0.3, -0.25) is 9.98 Å². The minimum Gasteiger partial charge on any atom is -0.324 e. The summed E-state index contributed by atoms with van der Waals surface area (Å²) in [6.07, 6.45) is 5.22. The van der Waals surface area contributed by atoms with E-state index >= 15 is 0 Å². The zero-order valence-electron chi connectivity index (χ0n) is 7.34. The van der Waals surface area contributed by atoms with Gasteiger partial charge in [-0.05, 0) is 18.2 Å². The van der Waals surface area contributed by atoms with Crippen LogP contribution in [0.1, 0.15) is 0 Å². The number of aromatic nitrogens is 2. The summed E-state index contributed by atoms with van der Waals surface area (Å²) in [6.45, 7) is 0.374. The van der Waals surface area contributed by atoms with Gasteiger partial charge in [-0.1, -0.05) is 17.5 Å². The third-order valence-electron chi connectivity index (χ3n) is 2.02. The number of imidazole rings is 1. The Bertz CT molecular complexity index is 571. The van der Waals surface area contributed by atoms with Crippen LogP contribution in [0.4, 0.5) is 0 Å². The van der Waals surface area contributed by atoms with Crippen molar-refractivity contribution in [2.24, 2.45) is 0 Å². The van der Waals surface area contributed by atoms with Crippen molar-refractivity contribution in [3.63, 3.8) is 0 Å². The summed E-state index contributed by atoms with van der Waals surface area (Å²) in [5.74, 6) is 2.50. The van der Waals surface area contributed by atoms with Crippen LogP contribution in [0.3, 0.4) is 0 Å².